The molecular weight excluding hydrogens is 254 g/mol. The summed E-state index contributed by atoms with van der Waals surface area (Å²) < 4.78 is 6.33. The minimum Gasteiger partial charge on any atom is -0.461 e. The molecular formula is C12H14ClN3O2. The van der Waals surface area contributed by atoms with Crippen molar-refractivity contribution in [1.82, 2.24) is 14.6 Å². The molecule has 2 rings (SSSR count). The van der Waals surface area contributed by atoms with Crippen molar-refractivity contribution >= 4 is 23.2 Å². The number of nitrogens with zero attached hydrogens (tertiary/aromatic N) is 3. The number of carbonyl (C=O) groups excluding carboxylic acids is 1. The lowest BCUT2D eigenvalue weighted by Gasteiger charge is -2.00. The second kappa shape index (κ2) is 5.35. The van der Waals surface area contributed by atoms with Crippen LogP contribution in [0.25, 0.3) is 5.65 Å². The minimum atomic E-state index is -0.462. The lowest BCUT2D eigenvalue weighted by molar-refractivity contribution is 0.0519. The fourth-order valence-electron chi connectivity index (χ4n) is 1.68. The maximum atomic E-state index is 11.6. The lowest BCUT2D eigenvalue weighted by atomic mass is 10.2. The summed E-state index contributed by atoms with van der Waals surface area (Å²) in [5.41, 5.74) is 1.68. The predicted molar refractivity (Wildman–Crippen MR) is 67.9 cm³/mol. The average molecular weight is 268 g/mol. The van der Waals surface area contributed by atoms with Crippen LogP contribution in [0.5, 0.6) is 0 Å². The molecule has 0 aliphatic heterocycles. The zero-order chi connectivity index (χ0) is 13.1. The van der Waals surface area contributed by atoms with Gasteiger partial charge in [-0.05, 0) is 19.4 Å². The Hall–Kier alpha value is -1.62. The Labute approximate surface area is 110 Å². The van der Waals surface area contributed by atoms with Gasteiger partial charge in [0.15, 0.2) is 11.3 Å². The van der Waals surface area contributed by atoms with Crippen LogP contribution < -0.4 is 0 Å². The van der Waals surface area contributed by atoms with E-state index in [0.717, 1.165) is 18.5 Å². The highest BCUT2D eigenvalue weighted by Gasteiger charge is 2.14. The number of carbonyl (C=O) groups is 1. The molecule has 2 heterocycles. The van der Waals surface area contributed by atoms with Crippen molar-refractivity contribution in [3.63, 3.8) is 0 Å². The molecule has 5 nitrogen and oxygen atoms in total. The van der Waals surface area contributed by atoms with Gasteiger partial charge in [-0.25, -0.2) is 14.3 Å². The van der Waals surface area contributed by atoms with Crippen molar-refractivity contribution in [3.8, 4) is 0 Å². The van der Waals surface area contributed by atoms with Crippen LogP contribution in [0, 0.1) is 0 Å². The summed E-state index contributed by atoms with van der Waals surface area (Å²) >= 11 is 6.10. The van der Waals surface area contributed by atoms with Crippen molar-refractivity contribution in [1.29, 1.82) is 0 Å². The molecule has 0 unspecified atom stereocenters. The van der Waals surface area contributed by atoms with E-state index in [9.17, 15) is 4.79 Å². The van der Waals surface area contributed by atoms with E-state index < -0.39 is 5.97 Å². The van der Waals surface area contributed by atoms with Crippen molar-refractivity contribution < 1.29 is 9.53 Å². The van der Waals surface area contributed by atoms with Crippen LogP contribution in [0.3, 0.4) is 0 Å². The van der Waals surface area contributed by atoms with E-state index in [4.69, 9.17) is 16.3 Å². The van der Waals surface area contributed by atoms with Crippen LogP contribution in [0.2, 0.25) is 5.15 Å². The van der Waals surface area contributed by atoms with Gasteiger partial charge < -0.3 is 4.74 Å². The van der Waals surface area contributed by atoms with Gasteiger partial charge >= 0.3 is 5.97 Å². The molecule has 0 amide bonds. The number of aryl methyl sites for hydroxylation is 1. The number of hydrogen-bond donors (Lipinski definition) is 0. The molecule has 0 atom stereocenters. The third-order valence-corrected chi connectivity index (χ3v) is 2.70. The molecule has 0 saturated carbocycles. The number of fused-ring (bicyclic) bond motifs is 1. The van der Waals surface area contributed by atoms with Gasteiger partial charge in [0.1, 0.15) is 5.15 Å². The highest BCUT2D eigenvalue weighted by atomic mass is 35.5. The average Bonchev–Trinajstić information content (AvgIpc) is 2.74. The fraction of sp³-hybridized carbons (Fsp3) is 0.417. The first-order valence-corrected chi connectivity index (χ1v) is 6.25. The number of halogens is 1. The molecule has 0 N–H and O–H groups in total. The van der Waals surface area contributed by atoms with Gasteiger partial charge in [-0.1, -0.05) is 24.9 Å². The number of hydrogen-bond acceptors (Lipinski definition) is 4. The largest absolute Gasteiger partial charge is 0.461 e. The number of aromatic nitrogens is 3. The summed E-state index contributed by atoms with van der Waals surface area (Å²) in [6.07, 6.45) is 1.83. The summed E-state index contributed by atoms with van der Waals surface area (Å²) in [6, 6.07) is 3.35. The van der Waals surface area contributed by atoms with Gasteiger partial charge in [-0.15, -0.1) is 0 Å². The Balaban J connectivity index is 2.44. The van der Waals surface area contributed by atoms with E-state index in [0.29, 0.717) is 17.4 Å². The predicted octanol–water partition coefficient (Wildman–Crippen LogP) is 2.51. The molecule has 6 heteroatoms. The van der Waals surface area contributed by atoms with Gasteiger partial charge in [0.25, 0.3) is 0 Å². The second-order valence-electron chi connectivity index (χ2n) is 3.84. The molecule has 18 heavy (non-hydrogen) atoms. The van der Waals surface area contributed by atoms with Crippen molar-refractivity contribution in [2.24, 2.45) is 0 Å². The lowest BCUT2D eigenvalue weighted by Crippen LogP contribution is -2.05. The van der Waals surface area contributed by atoms with E-state index in [1.807, 2.05) is 0 Å². The topological polar surface area (TPSA) is 56.5 Å². The smallest absolute Gasteiger partial charge is 0.358 e. The van der Waals surface area contributed by atoms with Crippen LogP contribution in [0.4, 0.5) is 0 Å². The number of esters is 1. The van der Waals surface area contributed by atoms with Crippen LogP contribution in [0.15, 0.2) is 12.1 Å². The first-order chi connectivity index (χ1) is 8.65. The van der Waals surface area contributed by atoms with Gasteiger partial charge in [0, 0.05) is 11.8 Å². The molecule has 0 aromatic carbocycles. The molecule has 96 valence electrons. The Kier molecular flexibility index (Phi) is 3.81. The normalized spacial score (nSPS) is 10.8. The Morgan fingerprint density at radius 1 is 1.44 bits per heavy atom. The van der Waals surface area contributed by atoms with Gasteiger partial charge in [-0.3, -0.25) is 0 Å². The summed E-state index contributed by atoms with van der Waals surface area (Å²) in [4.78, 5) is 16.0. The third-order valence-electron chi connectivity index (χ3n) is 2.43. The van der Waals surface area contributed by atoms with Crippen LogP contribution >= 0.6 is 11.6 Å². The Morgan fingerprint density at radius 2 is 2.22 bits per heavy atom. The minimum absolute atomic E-state index is 0.222. The number of rotatable bonds is 4. The summed E-state index contributed by atoms with van der Waals surface area (Å²) in [6.45, 7) is 4.13. The van der Waals surface area contributed by atoms with E-state index >= 15 is 0 Å². The molecule has 0 aliphatic rings. The first kappa shape index (κ1) is 12.8. The van der Waals surface area contributed by atoms with Crippen molar-refractivity contribution in [2.75, 3.05) is 6.61 Å². The maximum absolute atomic E-state index is 11.6. The highest BCUT2D eigenvalue weighted by molar-refractivity contribution is 6.29. The quantitative estimate of drug-likeness (QED) is 0.631. The van der Waals surface area contributed by atoms with Crippen LogP contribution in [0.1, 0.15) is 36.5 Å². The van der Waals surface area contributed by atoms with Gasteiger partial charge in [0.2, 0.25) is 0 Å². The molecule has 0 saturated heterocycles. The summed E-state index contributed by atoms with van der Waals surface area (Å²) in [5.74, 6) is -0.462. The molecule has 0 radical (unpaired) electrons. The molecule has 0 fully saturated rings. The van der Waals surface area contributed by atoms with E-state index in [1.54, 1.807) is 19.1 Å². The molecule has 2 aromatic rings. The summed E-state index contributed by atoms with van der Waals surface area (Å²) in [7, 11) is 0. The van der Waals surface area contributed by atoms with Crippen molar-refractivity contribution in [2.45, 2.75) is 26.7 Å². The standard InChI is InChI=1S/C12H14ClN3O2/c1-3-5-8-6-10(13)16-11(14-8)7-9(15-16)12(17)18-4-2/h6-7H,3-5H2,1-2H3. The monoisotopic (exact) mass is 267 g/mol. The van der Waals surface area contributed by atoms with Gasteiger partial charge in [0.05, 0.1) is 6.61 Å². The molecule has 0 aliphatic carbocycles. The van der Waals surface area contributed by atoms with E-state index in [-0.39, 0.29) is 5.69 Å². The molecule has 0 spiro atoms. The van der Waals surface area contributed by atoms with Crippen LogP contribution in [-0.2, 0) is 11.2 Å². The van der Waals surface area contributed by atoms with E-state index in [1.165, 1.54) is 4.52 Å². The zero-order valence-corrected chi connectivity index (χ0v) is 11.1. The van der Waals surface area contributed by atoms with E-state index in [2.05, 4.69) is 17.0 Å². The van der Waals surface area contributed by atoms with Crippen molar-refractivity contribution in [3.05, 3.63) is 28.7 Å². The maximum Gasteiger partial charge on any atom is 0.358 e. The zero-order valence-electron chi connectivity index (χ0n) is 10.3. The molecule has 2 aromatic heterocycles. The third kappa shape index (κ3) is 2.46. The first-order valence-electron chi connectivity index (χ1n) is 5.88. The Morgan fingerprint density at radius 3 is 2.89 bits per heavy atom. The fourth-order valence-corrected chi connectivity index (χ4v) is 1.93. The highest BCUT2D eigenvalue weighted by Crippen LogP contribution is 2.15. The second-order valence-corrected chi connectivity index (χ2v) is 4.23. The SMILES string of the molecule is CCCc1cc(Cl)n2nc(C(=O)OCC)cc2n1. The Bertz CT molecular complexity index is 580. The number of ether oxygens (including phenoxy) is 1. The molecule has 0 bridgehead atoms. The van der Waals surface area contributed by atoms with Crippen LogP contribution in [-0.4, -0.2) is 27.2 Å². The van der Waals surface area contributed by atoms with Gasteiger partial charge in [-0.2, -0.15) is 5.10 Å². The summed E-state index contributed by atoms with van der Waals surface area (Å²) in [5, 5.41) is 4.52.